The van der Waals surface area contributed by atoms with E-state index in [1.54, 1.807) is 18.2 Å². The first kappa shape index (κ1) is 8.21. The van der Waals surface area contributed by atoms with Crippen LogP contribution in [0.2, 0.25) is 0 Å². The Morgan fingerprint density at radius 1 is 1.36 bits per heavy atom. The summed E-state index contributed by atoms with van der Waals surface area (Å²) in [5.41, 5.74) is 1.04. The molecule has 0 radical (unpaired) electrons. The molecule has 1 rings (SSSR count). The fourth-order valence-corrected chi connectivity index (χ4v) is 1.03. The van der Waals surface area contributed by atoms with Crippen molar-refractivity contribution in [1.29, 1.82) is 0 Å². The summed E-state index contributed by atoms with van der Waals surface area (Å²) in [6, 6.07) is 5.08. The maximum Gasteiger partial charge on any atom is 0.131 e. The average Bonchev–Trinajstić information content (AvgIpc) is 2.05. The molecule has 0 amide bonds. The minimum Gasteiger partial charge on any atom is -0.392 e. The Hall–Kier alpha value is -0.890. The first-order chi connectivity index (χ1) is 5.29. The number of aliphatic hydroxyl groups is 1. The predicted octanol–water partition coefficient (Wildman–Crippen LogP) is 1.88. The van der Waals surface area contributed by atoms with Crippen molar-refractivity contribution in [2.45, 2.75) is 20.0 Å². The molecule has 0 atom stereocenters. The van der Waals surface area contributed by atoms with Crippen LogP contribution in [0.4, 0.5) is 4.39 Å². The van der Waals surface area contributed by atoms with Crippen LogP contribution in [0.5, 0.6) is 0 Å². The molecule has 1 N–H and O–H groups in total. The quantitative estimate of drug-likeness (QED) is 0.689. The number of rotatable bonds is 2. The van der Waals surface area contributed by atoms with Crippen molar-refractivity contribution in [3.8, 4) is 0 Å². The summed E-state index contributed by atoms with van der Waals surface area (Å²) in [5, 5.41) is 8.70. The molecule has 0 aromatic heterocycles. The summed E-state index contributed by atoms with van der Waals surface area (Å²) in [6.07, 6.45) is 0.666. The molecule has 0 heterocycles. The Bertz CT molecular complexity index is 223. The zero-order valence-corrected chi connectivity index (χ0v) is 6.47. The highest BCUT2D eigenvalue weighted by molar-refractivity contribution is 5.25. The number of aliphatic hydroxyl groups excluding tert-OH is 1. The molecule has 0 unspecified atom stereocenters. The Kier molecular flexibility index (Phi) is 2.60. The van der Waals surface area contributed by atoms with Crippen LogP contribution in [0.15, 0.2) is 18.2 Å². The second-order valence-electron chi connectivity index (χ2n) is 2.40. The van der Waals surface area contributed by atoms with E-state index in [1.807, 2.05) is 6.92 Å². The monoisotopic (exact) mass is 154 g/mol. The van der Waals surface area contributed by atoms with Gasteiger partial charge in [0.2, 0.25) is 0 Å². The van der Waals surface area contributed by atoms with Gasteiger partial charge in [0.25, 0.3) is 0 Å². The van der Waals surface area contributed by atoms with Crippen LogP contribution in [0.25, 0.3) is 0 Å². The summed E-state index contributed by atoms with van der Waals surface area (Å²) in [4.78, 5) is 0. The van der Waals surface area contributed by atoms with Gasteiger partial charge in [-0.25, -0.2) is 4.39 Å². The van der Waals surface area contributed by atoms with E-state index in [0.717, 1.165) is 0 Å². The van der Waals surface area contributed by atoms with Crippen molar-refractivity contribution in [2.75, 3.05) is 0 Å². The molecule has 0 aliphatic heterocycles. The van der Waals surface area contributed by atoms with Gasteiger partial charge >= 0.3 is 0 Å². The van der Waals surface area contributed by atoms with Gasteiger partial charge in [-0.05, 0) is 12.0 Å². The van der Waals surface area contributed by atoms with Crippen LogP contribution in [-0.2, 0) is 13.0 Å². The van der Waals surface area contributed by atoms with Crippen molar-refractivity contribution in [1.82, 2.24) is 0 Å². The van der Waals surface area contributed by atoms with Crippen LogP contribution < -0.4 is 0 Å². The lowest BCUT2D eigenvalue weighted by Gasteiger charge is -2.02. The second kappa shape index (κ2) is 3.49. The Morgan fingerprint density at radius 2 is 2.00 bits per heavy atom. The third kappa shape index (κ3) is 1.57. The van der Waals surface area contributed by atoms with E-state index < -0.39 is 0 Å². The van der Waals surface area contributed by atoms with E-state index in [9.17, 15) is 4.39 Å². The van der Waals surface area contributed by atoms with Crippen molar-refractivity contribution < 1.29 is 9.50 Å². The Morgan fingerprint density at radius 3 is 2.55 bits per heavy atom. The number of hydrogen-bond acceptors (Lipinski definition) is 1. The van der Waals surface area contributed by atoms with Gasteiger partial charge in [0.1, 0.15) is 5.82 Å². The third-order valence-corrected chi connectivity index (χ3v) is 1.71. The van der Waals surface area contributed by atoms with E-state index in [0.29, 0.717) is 17.5 Å². The van der Waals surface area contributed by atoms with Gasteiger partial charge in [0, 0.05) is 5.56 Å². The molecule has 0 saturated heterocycles. The molecule has 11 heavy (non-hydrogen) atoms. The number of benzene rings is 1. The summed E-state index contributed by atoms with van der Waals surface area (Å²) < 4.78 is 13.1. The first-order valence-electron chi connectivity index (χ1n) is 3.66. The molecule has 0 spiro atoms. The van der Waals surface area contributed by atoms with Crippen LogP contribution >= 0.6 is 0 Å². The molecule has 1 nitrogen and oxygen atoms in total. The summed E-state index contributed by atoms with van der Waals surface area (Å²) in [7, 11) is 0. The van der Waals surface area contributed by atoms with Crippen molar-refractivity contribution in [3.05, 3.63) is 35.1 Å². The highest BCUT2D eigenvalue weighted by Gasteiger charge is 2.03. The van der Waals surface area contributed by atoms with Gasteiger partial charge in [-0.3, -0.25) is 0 Å². The normalized spacial score (nSPS) is 10.1. The van der Waals surface area contributed by atoms with Gasteiger partial charge < -0.3 is 5.11 Å². The van der Waals surface area contributed by atoms with E-state index in [1.165, 1.54) is 0 Å². The lowest BCUT2D eigenvalue weighted by Crippen LogP contribution is -1.94. The molecule has 0 saturated carbocycles. The Balaban J connectivity index is 3.10. The van der Waals surface area contributed by atoms with Crippen LogP contribution in [0.1, 0.15) is 18.1 Å². The van der Waals surface area contributed by atoms with Crippen LogP contribution in [0.3, 0.4) is 0 Å². The third-order valence-electron chi connectivity index (χ3n) is 1.71. The Labute approximate surface area is 65.5 Å². The van der Waals surface area contributed by atoms with Gasteiger partial charge in [-0.2, -0.15) is 0 Å². The second-order valence-corrected chi connectivity index (χ2v) is 2.40. The molecule has 60 valence electrons. The molecule has 0 aliphatic carbocycles. The molecule has 2 heteroatoms. The largest absolute Gasteiger partial charge is 0.392 e. The van der Waals surface area contributed by atoms with Gasteiger partial charge in [-0.15, -0.1) is 0 Å². The molecular weight excluding hydrogens is 143 g/mol. The topological polar surface area (TPSA) is 20.2 Å². The smallest absolute Gasteiger partial charge is 0.131 e. The number of aryl methyl sites for hydroxylation is 1. The standard InChI is InChI=1S/C9H11FO/c1-2-7-4-3-5-8(6-11)9(7)10/h3-5,11H,2,6H2,1H3. The molecule has 1 aromatic rings. The van der Waals surface area contributed by atoms with Gasteiger partial charge in [-0.1, -0.05) is 25.1 Å². The van der Waals surface area contributed by atoms with E-state index in [4.69, 9.17) is 5.11 Å². The highest BCUT2D eigenvalue weighted by Crippen LogP contribution is 2.12. The van der Waals surface area contributed by atoms with Crippen molar-refractivity contribution in [2.24, 2.45) is 0 Å². The van der Waals surface area contributed by atoms with Crippen LogP contribution in [-0.4, -0.2) is 5.11 Å². The lowest BCUT2D eigenvalue weighted by atomic mass is 10.1. The zero-order chi connectivity index (χ0) is 8.27. The summed E-state index contributed by atoms with van der Waals surface area (Å²) in [6.45, 7) is 1.67. The first-order valence-corrected chi connectivity index (χ1v) is 3.66. The average molecular weight is 154 g/mol. The van der Waals surface area contributed by atoms with E-state index in [-0.39, 0.29) is 12.4 Å². The minimum absolute atomic E-state index is 0.223. The van der Waals surface area contributed by atoms with E-state index >= 15 is 0 Å². The van der Waals surface area contributed by atoms with Crippen molar-refractivity contribution >= 4 is 0 Å². The minimum atomic E-state index is -0.266. The maximum atomic E-state index is 13.1. The predicted molar refractivity (Wildman–Crippen MR) is 41.7 cm³/mol. The molecule has 0 aliphatic rings. The maximum absolute atomic E-state index is 13.1. The molecular formula is C9H11FO. The summed E-state index contributed by atoms with van der Waals surface area (Å²) in [5.74, 6) is -0.266. The molecule has 0 fully saturated rings. The SMILES string of the molecule is CCc1cccc(CO)c1F. The zero-order valence-electron chi connectivity index (χ0n) is 6.47. The van der Waals surface area contributed by atoms with Gasteiger partial charge in [0.15, 0.2) is 0 Å². The van der Waals surface area contributed by atoms with Crippen LogP contribution in [0, 0.1) is 5.82 Å². The lowest BCUT2D eigenvalue weighted by molar-refractivity contribution is 0.275. The molecule has 1 aromatic carbocycles. The molecule has 0 bridgehead atoms. The number of halogens is 1. The number of hydrogen-bond donors (Lipinski definition) is 1. The fourth-order valence-electron chi connectivity index (χ4n) is 1.03. The summed E-state index contributed by atoms with van der Waals surface area (Å²) >= 11 is 0. The van der Waals surface area contributed by atoms with Gasteiger partial charge in [0.05, 0.1) is 6.61 Å². The highest BCUT2D eigenvalue weighted by atomic mass is 19.1. The van der Waals surface area contributed by atoms with Crippen molar-refractivity contribution in [3.63, 3.8) is 0 Å². The van der Waals surface area contributed by atoms with E-state index in [2.05, 4.69) is 0 Å². The fraction of sp³-hybridized carbons (Fsp3) is 0.333.